The smallest absolute Gasteiger partial charge is 0.137 e. The van der Waals surface area contributed by atoms with Gasteiger partial charge in [0.2, 0.25) is 0 Å². The molecule has 15 heavy (non-hydrogen) atoms. The van der Waals surface area contributed by atoms with E-state index in [1.165, 1.54) is 0 Å². The number of aromatic nitrogens is 3. The topological polar surface area (TPSA) is 30.7 Å². The summed E-state index contributed by atoms with van der Waals surface area (Å²) in [7, 11) is 0. The van der Waals surface area contributed by atoms with Crippen LogP contribution in [0.4, 0.5) is 0 Å². The van der Waals surface area contributed by atoms with Gasteiger partial charge in [0.05, 0.1) is 0 Å². The summed E-state index contributed by atoms with van der Waals surface area (Å²) >= 11 is 0. The Balaban J connectivity index is 2.33. The Labute approximate surface area is 89.8 Å². The van der Waals surface area contributed by atoms with Gasteiger partial charge in [0, 0.05) is 12.1 Å². The van der Waals surface area contributed by atoms with E-state index in [1.807, 2.05) is 22.8 Å². The third-order valence-corrected chi connectivity index (χ3v) is 2.24. The molecular formula is C12H15N3. The molecule has 3 nitrogen and oxygen atoms in total. The average Bonchev–Trinajstić information content (AvgIpc) is 2.66. The van der Waals surface area contributed by atoms with Crippen LogP contribution in [-0.4, -0.2) is 14.8 Å². The van der Waals surface area contributed by atoms with Crippen molar-refractivity contribution < 1.29 is 0 Å². The van der Waals surface area contributed by atoms with Crippen molar-refractivity contribution >= 4 is 0 Å². The molecule has 0 N–H and O–H groups in total. The van der Waals surface area contributed by atoms with Crippen LogP contribution in [-0.2, 0) is 6.42 Å². The summed E-state index contributed by atoms with van der Waals surface area (Å²) in [6, 6.07) is 10.2. The minimum Gasteiger partial charge on any atom is -0.286 e. The highest BCUT2D eigenvalue weighted by atomic mass is 15.3. The summed E-state index contributed by atoms with van der Waals surface area (Å²) < 4.78 is 2.04. The Morgan fingerprint density at radius 2 is 1.93 bits per heavy atom. The first kappa shape index (κ1) is 9.90. The molecule has 0 aliphatic heterocycles. The number of benzene rings is 1. The molecule has 0 aliphatic carbocycles. The van der Waals surface area contributed by atoms with E-state index in [1.54, 1.807) is 6.33 Å². The van der Waals surface area contributed by atoms with Crippen molar-refractivity contribution in [2.24, 2.45) is 5.92 Å². The molecule has 3 heteroatoms. The van der Waals surface area contributed by atoms with Crippen LogP contribution in [0.15, 0.2) is 36.7 Å². The maximum atomic E-state index is 4.15. The standard InChI is InChI=1S/C12H15N3/c1-10(2)8-12-14-13-9-15(12)11-6-4-3-5-7-11/h3-7,9-10H,8H2,1-2H3. The quantitative estimate of drug-likeness (QED) is 0.763. The van der Waals surface area contributed by atoms with Crippen LogP contribution < -0.4 is 0 Å². The van der Waals surface area contributed by atoms with Crippen molar-refractivity contribution in [2.45, 2.75) is 20.3 Å². The van der Waals surface area contributed by atoms with E-state index in [9.17, 15) is 0 Å². The van der Waals surface area contributed by atoms with Crippen molar-refractivity contribution in [1.29, 1.82) is 0 Å². The fourth-order valence-corrected chi connectivity index (χ4v) is 1.57. The van der Waals surface area contributed by atoms with E-state index >= 15 is 0 Å². The van der Waals surface area contributed by atoms with E-state index in [0.29, 0.717) is 5.92 Å². The molecule has 0 fully saturated rings. The van der Waals surface area contributed by atoms with Crippen LogP contribution in [0.3, 0.4) is 0 Å². The van der Waals surface area contributed by atoms with Gasteiger partial charge in [0.1, 0.15) is 12.2 Å². The van der Waals surface area contributed by atoms with Gasteiger partial charge in [0.25, 0.3) is 0 Å². The molecule has 1 heterocycles. The van der Waals surface area contributed by atoms with Crippen LogP contribution in [0.2, 0.25) is 0 Å². The van der Waals surface area contributed by atoms with Crippen LogP contribution >= 0.6 is 0 Å². The summed E-state index contributed by atoms with van der Waals surface area (Å²) in [4.78, 5) is 0. The zero-order chi connectivity index (χ0) is 10.7. The molecule has 0 radical (unpaired) electrons. The third kappa shape index (κ3) is 2.24. The van der Waals surface area contributed by atoms with Gasteiger partial charge in [-0.2, -0.15) is 0 Å². The Bertz CT molecular complexity index is 417. The molecule has 78 valence electrons. The normalized spacial score (nSPS) is 10.9. The first-order valence-electron chi connectivity index (χ1n) is 5.21. The van der Waals surface area contributed by atoms with E-state index in [2.05, 4.69) is 36.2 Å². The number of para-hydroxylation sites is 1. The Hall–Kier alpha value is -1.64. The monoisotopic (exact) mass is 201 g/mol. The minimum atomic E-state index is 0.594. The number of hydrogen-bond acceptors (Lipinski definition) is 2. The molecule has 0 amide bonds. The van der Waals surface area contributed by atoms with Gasteiger partial charge in [-0.3, -0.25) is 4.57 Å². The van der Waals surface area contributed by atoms with E-state index < -0.39 is 0 Å². The fourth-order valence-electron chi connectivity index (χ4n) is 1.57. The van der Waals surface area contributed by atoms with E-state index in [0.717, 1.165) is 17.9 Å². The third-order valence-electron chi connectivity index (χ3n) is 2.24. The van der Waals surface area contributed by atoms with Crippen molar-refractivity contribution in [3.63, 3.8) is 0 Å². The Morgan fingerprint density at radius 3 is 2.60 bits per heavy atom. The first-order valence-corrected chi connectivity index (χ1v) is 5.21. The van der Waals surface area contributed by atoms with Gasteiger partial charge in [0.15, 0.2) is 0 Å². The lowest BCUT2D eigenvalue weighted by atomic mass is 10.1. The van der Waals surface area contributed by atoms with Gasteiger partial charge >= 0.3 is 0 Å². The summed E-state index contributed by atoms with van der Waals surface area (Å²) in [5, 5.41) is 8.11. The van der Waals surface area contributed by atoms with Crippen molar-refractivity contribution in [3.8, 4) is 5.69 Å². The summed E-state index contributed by atoms with van der Waals surface area (Å²) in [6.45, 7) is 4.37. The molecular weight excluding hydrogens is 186 g/mol. The number of rotatable bonds is 3. The molecule has 0 aliphatic rings. The molecule has 0 unspecified atom stereocenters. The lowest BCUT2D eigenvalue weighted by Gasteiger charge is -2.07. The molecule has 2 aromatic rings. The summed E-state index contributed by atoms with van der Waals surface area (Å²) in [5.41, 5.74) is 1.12. The first-order chi connectivity index (χ1) is 7.27. The zero-order valence-corrected chi connectivity index (χ0v) is 9.09. The number of nitrogens with zero attached hydrogens (tertiary/aromatic N) is 3. The van der Waals surface area contributed by atoms with Crippen LogP contribution in [0.25, 0.3) is 5.69 Å². The maximum absolute atomic E-state index is 4.15. The fraction of sp³-hybridized carbons (Fsp3) is 0.333. The van der Waals surface area contributed by atoms with Crippen LogP contribution in [0.1, 0.15) is 19.7 Å². The molecule has 0 saturated heterocycles. The van der Waals surface area contributed by atoms with E-state index in [4.69, 9.17) is 0 Å². The largest absolute Gasteiger partial charge is 0.286 e. The van der Waals surface area contributed by atoms with E-state index in [-0.39, 0.29) is 0 Å². The maximum Gasteiger partial charge on any atom is 0.137 e. The van der Waals surface area contributed by atoms with Gasteiger partial charge in [-0.25, -0.2) is 0 Å². The highest BCUT2D eigenvalue weighted by molar-refractivity contribution is 5.31. The highest BCUT2D eigenvalue weighted by Gasteiger charge is 2.07. The number of hydrogen-bond donors (Lipinski definition) is 0. The molecule has 0 spiro atoms. The van der Waals surface area contributed by atoms with Crippen LogP contribution in [0, 0.1) is 5.92 Å². The SMILES string of the molecule is CC(C)Cc1nncn1-c1ccccc1. The second-order valence-electron chi connectivity index (χ2n) is 4.05. The molecule has 2 rings (SSSR count). The molecule has 0 bridgehead atoms. The van der Waals surface area contributed by atoms with Crippen molar-refractivity contribution in [2.75, 3.05) is 0 Å². The van der Waals surface area contributed by atoms with Gasteiger partial charge in [-0.05, 0) is 18.1 Å². The second kappa shape index (κ2) is 4.26. The highest BCUT2D eigenvalue weighted by Crippen LogP contribution is 2.11. The van der Waals surface area contributed by atoms with Gasteiger partial charge in [-0.1, -0.05) is 32.0 Å². The predicted molar refractivity (Wildman–Crippen MR) is 59.9 cm³/mol. The average molecular weight is 201 g/mol. The predicted octanol–water partition coefficient (Wildman–Crippen LogP) is 2.47. The van der Waals surface area contributed by atoms with Crippen LogP contribution in [0.5, 0.6) is 0 Å². The lowest BCUT2D eigenvalue weighted by Crippen LogP contribution is -2.04. The Morgan fingerprint density at radius 1 is 1.20 bits per heavy atom. The molecule has 1 aromatic heterocycles. The molecule has 0 saturated carbocycles. The van der Waals surface area contributed by atoms with Crippen molar-refractivity contribution in [1.82, 2.24) is 14.8 Å². The second-order valence-corrected chi connectivity index (χ2v) is 4.05. The summed E-state index contributed by atoms with van der Waals surface area (Å²) in [5.74, 6) is 1.62. The van der Waals surface area contributed by atoms with Crippen molar-refractivity contribution in [3.05, 3.63) is 42.5 Å². The van der Waals surface area contributed by atoms with Gasteiger partial charge < -0.3 is 0 Å². The zero-order valence-electron chi connectivity index (χ0n) is 9.09. The minimum absolute atomic E-state index is 0.594. The Kier molecular flexibility index (Phi) is 2.81. The molecule has 1 aromatic carbocycles. The summed E-state index contributed by atoms with van der Waals surface area (Å²) in [6.07, 6.45) is 2.72. The molecule has 0 atom stereocenters. The van der Waals surface area contributed by atoms with Gasteiger partial charge in [-0.15, -0.1) is 10.2 Å². The lowest BCUT2D eigenvalue weighted by molar-refractivity contribution is 0.612.